The van der Waals surface area contributed by atoms with Crippen LogP contribution in [0.5, 0.6) is 0 Å². The first-order valence-electron chi connectivity index (χ1n) is 9.67. The summed E-state index contributed by atoms with van der Waals surface area (Å²) in [6.45, 7) is 11.3. The third-order valence-electron chi connectivity index (χ3n) is 4.64. The van der Waals surface area contributed by atoms with Crippen molar-refractivity contribution in [2.45, 2.75) is 26.7 Å². The van der Waals surface area contributed by atoms with E-state index in [1.165, 1.54) is 15.4 Å². The maximum Gasteiger partial charge on any atom is 0.139 e. The number of methoxy groups -OCH3 is 1. The number of nitrogens with zero attached hydrogens (tertiary/aromatic N) is 2. The number of rotatable bonds is 2. The van der Waals surface area contributed by atoms with E-state index >= 15 is 0 Å². The topological polar surface area (TPSA) is 48.9 Å². The Hall–Kier alpha value is -1.89. The first-order valence-corrected chi connectivity index (χ1v) is 10.5. The van der Waals surface area contributed by atoms with Gasteiger partial charge in [-0.1, -0.05) is 26.0 Å². The second-order valence-corrected chi connectivity index (χ2v) is 8.02. The zero-order chi connectivity index (χ0) is 19.2. The number of piperazine rings is 1. The molecule has 0 amide bonds. The summed E-state index contributed by atoms with van der Waals surface area (Å²) in [5.74, 6) is 1.65. The van der Waals surface area contributed by atoms with E-state index in [2.05, 4.69) is 64.4 Å². The van der Waals surface area contributed by atoms with Gasteiger partial charge in [0.1, 0.15) is 10.8 Å². The molecule has 2 aliphatic rings. The van der Waals surface area contributed by atoms with E-state index in [0.29, 0.717) is 5.92 Å². The molecule has 1 saturated heterocycles. The molecule has 2 N–H and O–H groups in total. The number of amidine groups is 1. The van der Waals surface area contributed by atoms with Crippen LogP contribution in [0.3, 0.4) is 0 Å². The van der Waals surface area contributed by atoms with Crippen LogP contribution in [0.25, 0.3) is 0 Å². The Balaban J connectivity index is 0.000000481. The normalized spacial score (nSPS) is 15.7. The fourth-order valence-electron chi connectivity index (χ4n) is 3.04. The number of para-hydroxylation sites is 2. The number of aliphatic imine (C=N–C) groups is 1. The van der Waals surface area contributed by atoms with Crippen molar-refractivity contribution in [3.8, 4) is 0 Å². The van der Waals surface area contributed by atoms with Gasteiger partial charge in [0, 0.05) is 44.8 Å². The summed E-state index contributed by atoms with van der Waals surface area (Å²) >= 11 is 1.85. The Morgan fingerprint density at radius 3 is 2.59 bits per heavy atom. The van der Waals surface area contributed by atoms with Crippen LogP contribution >= 0.6 is 11.3 Å². The van der Waals surface area contributed by atoms with Crippen molar-refractivity contribution < 1.29 is 4.74 Å². The Morgan fingerprint density at radius 1 is 1.22 bits per heavy atom. The summed E-state index contributed by atoms with van der Waals surface area (Å²) in [7, 11) is 1.68. The van der Waals surface area contributed by atoms with Gasteiger partial charge in [0.05, 0.1) is 16.9 Å². The quantitative estimate of drug-likeness (QED) is 0.794. The van der Waals surface area contributed by atoms with Crippen molar-refractivity contribution in [2.75, 3.05) is 45.2 Å². The molecule has 27 heavy (non-hydrogen) atoms. The summed E-state index contributed by atoms with van der Waals surface area (Å²) in [6.07, 6.45) is 0. The van der Waals surface area contributed by atoms with Gasteiger partial charge in [-0.05, 0) is 31.0 Å². The van der Waals surface area contributed by atoms with Crippen molar-refractivity contribution in [1.82, 2.24) is 10.2 Å². The molecule has 146 valence electrons. The minimum absolute atomic E-state index is 0.535. The Morgan fingerprint density at radius 2 is 1.93 bits per heavy atom. The van der Waals surface area contributed by atoms with Crippen molar-refractivity contribution in [3.63, 3.8) is 0 Å². The van der Waals surface area contributed by atoms with Crippen LogP contribution in [-0.4, -0.2) is 50.6 Å². The van der Waals surface area contributed by atoms with Gasteiger partial charge in [-0.3, -0.25) is 0 Å². The zero-order valence-electron chi connectivity index (χ0n) is 16.7. The molecule has 0 aliphatic carbocycles. The molecule has 0 spiro atoms. The van der Waals surface area contributed by atoms with E-state index in [-0.39, 0.29) is 0 Å². The number of ether oxygens (including phenoxy) is 1. The van der Waals surface area contributed by atoms with Gasteiger partial charge < -0.3 is 20.3 Å². The van der Waals surface area contributed by atoms with Crippen LogP contribution in [0, 0.1) is 0 Å². The fraction of sp³-hybridized carbons (Fsp3) is 0.476. The summed E-state index contributed by atoms with van der Waals surface area (Å²) in [6, 6.07) is 10.6. The number of anilines is 2. The van der Waals surface area contributed by atoms with Crippen molar-refractivity contribution >= 4 is 33.5 Å². The van der Waals surface area contributed by atoms with Crippen LogP contribution in [-0.2, 0) is 4.74 Å². The lowest BCUT2D eigenvalue weighted by molar-refractivity contribution is 0.215. The third-order valence-corrected chi connectivity index (χ3v) is 6.00. The highest BCUT2D eigenvalue weighted by molar-refractivity contribution is 7.16. The van der Waals surface area contributed by atoms with E-state index in [4.69, 9.17) is 4.99 Å². The summed E-state index contributed by atoms with van der Waals surface area (Å²) in [5.41, 5.74) is 3.36. The van der Waals surface area contributed by atoms with Crippen molar-refractivity contribution in [1.29, 1.82) is 0 Å². The van der Waals surface area contributed by atoms with Gasteiger partial charge >= 0.3 is 0 Å². The molecule has 6 heteroatoms. The Bertz CT molecular complexity index is 776. The van der Waals surface area contributed by atoms with Gasteiger partial charge in [0.2, 0.25) is 0 Å². The molecule has 5 nitrogen and oxygen atoms in total. The summed E-state index contributed by atoms with van der Waals surface area (Å²) in [5, 5.41) is 8.25. The van der Waals surface area contributed by atoms with Gasteiger partial charge in [-0.15, -0.1) is 11.3 Å². The molecular weight excluding hydrogens is 356 g/mol. The largest absolute Gasteiger partial charge is 0.385 e. The molecule has 1 fully saturated rings. The molecule has 2 aromatic rings. The SMILES string of the molecule is CC(C)c1cc2c(s1)Nc1ccccc1N=C2N1CCNCC1.CCOC. The maximum absolute atomic E-state index is 5.04. The minimum atomic E-state index is 0.535. The second kappa shape index (κ2) is 9.35. The predicted octanol–water partition coefficient (Wildman–Crippen LogP) is 4.56. The van der Waals surface area contributed by atoms with Crippen LogP contribution in [0.2, 0.25) is 0 Å². The lowest BCUT2D eigenvalue weighted by atomic mass is 10.1. The molecule has 4 rings (SSSR count). The van der Waals surface area contributed by atoms with Crippen molar-refractivity contribution in [3.05, 3.63) is 40.8 Å². The monoisotopic (exact) mass is 386 g/mol. The van der Waals surface area contributed by atoms with Crippen LogP contribution in [0.4, 0.5) is 16.4 Å². The zero-order valence-corrected chi connectivity index (χ0v) is 17.5. The number of hydrogen-bond donors (Lipinski definition) is 2. The van der Waals surface area contributed by atoms with Crippen LogP contribution in [0.15, 0.2) is 35.3 Å². The molecule has 2 aliphatic heterocycles. The van der Waals surface area contributed by atoms with E-state index in [9.17, 15) is 0 Å². The van der Waals surface area contributed by atoms with E-state index in [1.54, 1.807) is 7.11 Å². The lowest BCUT2D eigenvalue weighted by Gasteiger charge is -2.30. The Labute approximate surface area is 166 Å². The number of thiophene rings is 1. The second-order valence-electron chi connectivity index (χ2n) is 6.94. The minimum Gasteiger partial charge on any atom is -0.385 e. The number of hydrogen-bond acceptors (Lipinski definition) is 6. The van der Waals surface area contributed by atoms with E-state index < -0.39 is 0 Å². The fourth-order valence-corrected chi connectivity index (χ4v) is 4.11. The highest BCUT2D eigenvalue weighted by Gasteiger charge is 2.25. The summed E-state index contributed by atoms with van der Waals surface area (Å²) < 4.78 is 4.54. The molecule has 0 radical (unpaired) electrons. The van der Waals surface area contributed by atoms with E-state index in [1.807, 2.05) is 18.3 Å². The molecule has 1 aromatic heterocycles. The maximum atomic E-state index is 5.04. The highest BCUT2D eigenvalue weighted by atomic mass is 32.1. The van der Waals surface area contributed by atoms with Gasteiger partial charge in [0.25, 0.3) is 0 Å². The van der Waals surface area contributed by atoms with Crippen LogP contribution < -0.4 is 10.6 Å². The van der Waals surface area contributed by atoms with E-state index in [0.717, 1.165) is 50.0 Å². The summed E-state index contributed by atoms with van der Waals surface area (Å²) in [4.78, 5) is 8.86. The highest BCUT2D eigenvalue weighted by Crippen LogP contribution is 2.41. The van der Waals surface area contributed by atoms with Gasteiger partial charge in [-0.25, -0.2) is 4.99 Å². The average molecular weight is 387 g/mol. The predicted molar refractivity (Wildman–Crippen MR) is 116 cm³/mol. The third kappa shape index (κ3) is 4.69. The molecular formula is C21H30N4OS. The molecule has 0 atom stereocenters. The lowest BCUT2D eigenvalue weighted by Crippen LogP contribution is -2.46. The molecule has 0 unspecified atom stereocenters. The van der Waals surface area contributed by atoms with Crippen LogP contribution in [0.1, 0.15) is 37.1 Å². The molecule has 0 bridgehead atoms. The number of benzene rings is 1. The smallest absolute Gasteiger partial charge is 0.139 e. The standard InChI is InChI=1S/C18H22N4S.C3H8O/c1-12(2)16-11-13-17(22-9-7-19-8-10-22)20-14-5-3-4-6-15(14)21-18(13)23-16;1-3-4-2/h3-6,11-12,19,21H,7-10H2,1-2H3;3H2,1-2H3. The van der Waals surface area contributed by atoms with Gasteiger partial charge in [0.15, 0.2) is 0 Å². The number of fused-ring (bicyclic) bond motifs is 2. The molecule has 1 aromatic carbocycles. The number of nitrogens with one attached hydrogen (secondary N) is 2. The first kappa shape index (κ1) is 19.9. The molecule has 3 heterocycles. The Kier molecular flexibility index (Phi) is 6.88. The van der Waals surface area contributed by atoms with Crippen molar-refractivity contribution in [2.24, 2.45) is 4.99 Å². The first-order chi connectivity index (χ1) is 13.1. The van der Waals surface area contributed by atoms with Gasteiger partial charge in [-0.2, -0.15) is 0 Å². The average Bonchev–Trinajstić information content (AvgIpc) is 3.05. The molecule has 0 saturated carbocycles.